The maximum atomic E-state index is 6.15. The molecule has 0 amide bonds. The van der Waals surface area contributed by atoms with Crippen molar-refractivity contribution in [3.05, 3.63) is 23.8 Å². The Labute approximate surface area is 108 Å². The molecule has 3 rings (SSSR count). The molecule has 1 aromatic rings. The lowest BCUT2D eigenvalue weighted by atomic mass is 9.94. The molecule has 3 nitrogen and oxygen atoms in total. The Morgan fingerprint density at radius 2 is 2.22 bits per heavy atom. The minimum Gasteiger partial charge on any atom is -0.497 e. The first-order valence-corrected chi connectivity index (χ1v) is 6.89. The van der Waals surface area contributed by atoms with Crippen LogP contribution in [0, 0.1) is 5.92 Å². The van der Waals surface area contributed by atoms with Gasteiger partial charge in [-0.25, -0.2) is 0 Å². The van der Waals surface area contributed by atoms with Crippen LogP contribution in [0.3, 0.4) is 0 Å². The number of hydrogen-bond donors (Lipinski definition) is 1. The summed E-state index contributed by atoms with van der Waals surface area (Å²) in [6, 6.07) is 6.60. The van der Waals surface area contributed by atoms with E-state index in [1.807, 2.05) is 12.1 Å². The second-order valence-corrected chi connectivity index (χ2v) is 5.24. The van der Waals surface area contributed by atoms with Crippen LogP contribution in [0.5, 0.6) is 11.5 Å². The van der Waals surface area contributed by atoms with Gasteiger partial charge < -0.3 is 14.8 Å². The van der Waals surface area contributed by atoms with E-state index in [0.717, 1.165) is 30.4 Å². The molecule has 2 atom stereocenters. The molecule has 1 aliphatic carbocycles. The number of rotatable bonds is 4. The van der Waals surface area contributed by atoms with Crippen LogP contribution >= 0.6 is 0 Å². The number of benzene rings is 1. The Kier molecular flexibility index (Phi) is 3.16. The molecule has 1 aliphatic heterocycles. The highest BCUT2D eigenvalue weighted by Gasteiger charge is 2.38. The summed E-state index contributed by atoms with van der Waals surface area (Å²) in [5.74, 6) is 2.65. The van der Waals surface area contributed by atoms with Crippen molar-refractivity contribution in [1.29, 1.82) is 0 Å². The van der Waals surface area contributed by atoms with Crippen LogP contribution in [-0.4, -0.2) is 19.8 Å². The average molecular weight is 247 g/mol. The first-order chi connectivity index (χ1) is 8.81. The van der Waals surface area contributed by atoms with Crippen LogP contribution < -0.4 is 14.8 Å². The minimum atomic E-state index is 0.383. The highest BCUT2D eigenvalue weighted by Crippen LogP contribution is 2.44. The van der Waals surface area contributed by atoms with Gasteiger partial charge in [-0.15, -0.1) is 0 Å². The number of nitrogens with one attached hydrogen (secondary N) is 1. The molecule has 0 radical (unpaired) electrons. The molecule has 0 saturated heterocycles. The molecule has 0 spiro atoms. The van der Waals surface area contributed by atoms with Crippen molar-refractivity contribution in [3.8, 4) is 11.5 Å². The fourth-order valence-corrected chi connectivity index (χ4v) is 2.80. The van der Waals surface area contributed by atoms with Crippen molar-refractivity contribution in [2.45, 2.75) is 38.3 Å². The van der Waals surface area contributed by atoms with E-state index >= 15 is 0 Å². The summed E-state index contributed by atoms with van der Waals surface area (Å²) in [6.07, 6.45) is 4.12. The Hall–Kier alpha value is -1.22. The van der Waals surface area contributed by atoms with E-state index in [1.54, 1.807) is 7.11 Å². The number of hydrogen-bond acceptors (Lipinski definition) is 3. The second kappa shape index (κ2) is 4.81. The van der Waals surface area contributed by atoms with E-state index in [1.165, 1.54) is 18.4 Å². The molecular formula is C15H21NO2. The van der Waals surface area contributed by atoms with Gasteiger partial charge in [-0.1, -0.05) is 13.0 Å². The highest BCUT2D eigenvalue weighted by molar-refractivity contribution is 5.44. The third kappa shape index (κ3) is 2.19. The largest absolute Gasteiger partial charge is 0.497 e. The van der Waals surface area contributed by atoms with Gasteiger partial charge in [0.05, 0.1) is 7.11 Å². The van der Waals surface area contributed by atoms with Crippen molar-refractivity contribution in [2.24, 2.45) is 5.92 Å². The third-order valence-electron chi connectivity index (χ3n) is 3.94. The summed E-state index contributed by atoms with van der Waals surface area (Å²) in [4.78, 5) is 0. The van der Waals surface area contributed by atoms with Crippen LogP contribution in [0.4, 0.5) is 0 Å². The minimum absolute atomic E-state index is 0.383. The van der Waals surface area contributed by atoms with Crippen LogP contribution in [0.2, 0.25) is 0 Å². The van der Waals surface area contributed by atoms with E-state index in [2.05, 4.69) is 18.3 Å². The Morgan fingerprint density at radius 1 is 1.39 bits per heavy atom. The average Bonchev–Trinajstić information content (AvgIpc) is 3.22. The molecule has 2 aliphatic rings. The lowest BCUT2D eigenvalue weighted by molar-refractivity contribution is 0.129. The van der Waals surface area contributed by atoms with Gasteiger partial charge in [-0.3, -0.25) is 0 Å². The smallest absolute Gasteiger partial charge is 0.128 e. The van der Waals surface area contributed by atoms with E-state index in [9.17, 15) is 0 Å². The van der Waals surface area contributed by atoms with Crippen molar-refractivity contribution >= 4 is 0 Å². The lowest BCUT2D eigenvalue weighted by Gasteiger charge is -2.33. The standard InChI is InChI=1S/C15H21NO2/c1-3-16-13-9-14(10-4-5-10)18-15-8-11(17-2)6-7-12(13)15/h6-8,10,13-14,16H,3-5,9H2,1-2H3. The Bertz CT molecular complexity index is 429. The molecule has 1 aromatic carbocycles. The van der Waals surface area contributed by atoms with Gasteiger partial charge in [0.15, 0.2) is 0 Å². The summed E-state index contributed by atoms with van der Waals surface area (Å²) in [5.41, 5.74) is 1.27. The number of ether oxygens (including phenoxy) is 2. The monoisotopic (exact) mass is 247 g/mol. The van der Waals surface area contributed by atoms with Gasteiger partial charge in [0.1, 0.15) is 17.6 Å². The summed E-state index contributed by atoms with van der Waals surface area (Å²) in [5, 5.41) is 3.57. The van der Waals surface area contributed by atoms with Crippen molar-refractivity contribution in [2.75, 3.05) is 13.7 Å². The fraction of sp³-hybridized carbons (Fsp3) is 0.600. The van der Waals surface area contributed by atoms with E-state index < -0.39 is 0 Å². The molecule has 18 heavy (non-hydrogen) atoms. The first kappa shape index (κ1) is 11.8. The predicted molar refractivity (Wildman–Crippen MR) is 71.2 cm³/mol. The molecule has 1 N–H and O–H groups in total. The molecule has 98 valence electrons. The maximum absolute atomic E-state index is 6.15. The van der Waals surface area contributed by atoms with Gasteiger partial charge in [-0.2, -0.15) is 0 Å². The second-order valence-electron chi connectivity index (χ2n) is 5.24. The maximum Gasteiger partial charge on any atom is 0.128 e. The first-order valence-electron chi connectivity index (χ1n) is 6.89. The van der Waals surface area contributed by atoms with Crippen LogP contribution in [0.25, 0.3) is 0 Å². The molecule has 1 saturated carbocycles. The number of fused-ring (bicyclic) bond motifs is 1. The van der Waals surface area contributed by atoms with Crippen molar-refractivity contribution in [1.82, 2.24) is 5.32 Å². The fourth-order valence-electron chi connectivity index (χ4n) is 2.80. The molecule has 2 unspecified atom stereocenters. The molecule has 0 aromatic heterocycles. The van der Waals surface area contributed by atoms with Crippen LogP contribution in [0.1, 0.15) is 37.8 Å². The third-order valence-corrected chi connectivity index (χ3v) is 3.94. The van der Waals surface area contributed by atoms with Crippen LogP contribution in [-0.2, 0) is 0 Å². The zero-order valence-corrected chi connectivity index (χ0v) is 11.1. The summed E-state index contributed by atoms with van der Waals surface area (Å²) in [6.45, 7) is 3.15. The molecule has 0 bridgehead atoms. The van der Waals surface area contributed by atoms with Gasteiger partial charge in [-0.05, 0) is 31.4 Å². The van der Waals surface area contributed by atoms with Gasteiger partial charge in [0, 0.05) is 24.1 Å². The van der Waals surface area contributed by atoms with Crippen LogP contribution in [0.15, 0.2) is 18.2 Å². The van der Waals surface area contributed by atoms with Crippen molar-refractivity contribution in [3.63, 3.8) is 0 Å². The SMILES string of the molecule is CCNC1CC(C2CC2)Oc2cc(OC)ccc21. The Morgan fingerprint density at radius 3 is 2.89 bits per heavy atom. The van der Waals surface area contributed by atoms with Gasteiger partial charge in [0.25, 0.3) is 0 Å². The predicted octanol–water partition coefficient (Wildman–Crippen LogP) is 2.91. The van der Waals surface area contributed by atoms with E-state index in [0.29, 0.717) is 12.1 Å². The lowest BCUT2D eigenvalue weighted by Crippen LogP contribution is -2.34. The van der Waals surface area contributed by atoms with E-state index in [4.69, 9.17) is 9.47 Å². The summed E-state index contributed by atoms with van der Waals surface area (Å²) in [7, 11) is 1.70. The summed E-state index contributed by atoms with van der Waals surface area (Å²) < 4.78 is 11.4. The molecule has 1 heterocycles. The Balaban J connectivity index is 1.89. The quantitative estimate of drug-likeness (QED) is 0.887. The zero-order chi connectivity index (χ0) is 12.5. The summed E-state index contributed by atoms with van der Waals surface area (Å²) >= 11 is 0. The molecule has 3 heteroatoms. The number of methoxy groups -OCH3 is 1. The van der Waals surface area contributed by atoms with Gasteiger partial charge in [0.2, 0.25) is 0 Å². The van der Waals surface area contributed by atoms with Crippen molar-refractivity contribution < 1.29 is 9.47 Å². The molecular weight excluding hydrogens is 226 g/mol. The highest BCUT2D eigenvalue weighted by atomic mass is 16.5. The normalized spacial score (nSPS) is 26.3. The zero-order valence-electron chi connectivity index (χ0n) is 11.1. The molecule has 1 fully saturated rings. The van der Waals surface area contributed by atoms with Gasteiger partial charge >= 0.3 is 0 Å². The topological polar surface area (TPSA) is 30.5 Å². The van der Waals surface area contributed by atoms with E-state index in [-0.39, 0.29) is 0 Å².